The Morgan fingerprint density at radius 3 is 2.80 bits per heavy atom. The molecule has 58 valence electrons. The van der Waals surface area contributed by atoms with E-state index in [1.807, 2.05) is 0 Å². The van der Waals surface area contributed by atoms with E-state index in [1.54, 1.807) is 0 Å². The molecule has 0 aromatic carbocycles. The van der Waals surface area contributed by atoms with Crippen molar-refractivity contribution in [3.05, 3.63) is 5.21 Å². The van der Waals surface area contributed by atoms with Gasteiger partial charge in [0.1, 0.15) is 0 Å². The molecule has 0 saturated carbocycles. The molecule has 6 heteroatoms. The molecule has 0 unspecified atom stereocenters. The Hall–Kier alpha value is -1.17. The standard InChI is InChI=1S/C4H9N3O3/c1-6-7(10)2-3(5)4(8)9/h3H,2,5H2,1H3,(H,8,9)/t3-/m0/s1. The molecule has 0 fully saturated rings. The van der Waals surface area contributed by atoms with Crippen LogP contribution in [-0.2, 0) is 4.79 Å². The quantitative estimate of drug-likeness (QED) is 0.303. The molecule has 0 aliphatic heterocycles. The highest BCUT2D eigenvalue weighted by Crippen LogP contribution is 1.80. The second-order valence-electron chi connectivity index (χ2n) is 1.68. The van der Waals surface area contributed by atoms with E-state index in [2.05, 4.69) is 5.11 Å². The normalized spacial score (nSPS) is 14.8. The molecule has 0 radical (unpaired) electrons. The number of hydrogen-bond acceptors (Lipinski definition) is 4. The number of carbonyl (C=O) groups is 1. The van der Waals surface area contributed by atoms with Gasteiger partial charge in [-0.05, 0) is 5.11 Å². The second-order valence-corrected chi connectivity index (χ2v) is 1.68. The van der Waals surface area contributed by atoms with Gasteiger partial charge in [-0.1, -0.05) is 4.86 Å². The molecule has 3 N–H and O–H groups in total. The average Bonchev–Trinajstić information content (AvgIpc) is 1.87. The summed E-state index contributed by atoms with van der Waals surface area (Å²) in [6, 6.07) is -1.17. The van der Waals surface area contributed by atoms with Crippen molar-refractivity contribution in [3.63, 3.8) is 0 Å². The van der Waals surface area contributed by atoms with Gasteiger partial charge in [-0.2, -0.15) is 0 Å². The SMILES string of the molecule is CN=[N+]([O-])C[C@H](N)C(=O)O. The Kier molecular flexibility index (Phi) is 3.34. The predicted molar refractivity (Wildman–Crippen MR) is 32.5 cm³/mol. The summed E-state index contributed by atoms with van der Waals surface area (Å²) < 4.78 is 0. The van der Waals surface area contributed by atoms with Gasteiger partial charge in [0.2, 0.25) is 6.54 Å². The largest absolute Gasteiger partial charge is 0.600 e. The molecule has 10 heavy (non-hydrogen) atoms. The number of hydrogen-bond donors (Lipinski definition) is 2. The van der Waals surface area contributed by atoms with E-state index in [0.717, 1.165) is 0 Å². The zero-order valence-corrected chi connectivity index (χ0v) is 5.52. The van der Waals surface area contributed by atoms with Crippen LogP contribution in [0.2, 0.25) is 0 Å². The van der Waals surface area contributed by atoms with Gasteiger partial charge in [0.05, 0.1) is 7.05 Å². The number of rotatable bonds is 3. The number of carboxylic acid groups (broad SMARTS) is 1. The van der Waals surface area contributed by atoms with E-state index >= 15 is 0 Å². The fourth-order valence-electron chi connectivity index (χ4n) is 0.328. The molecule has 0 heterocycles. The van der Waals surface area contributed by atoms with Crippen molar-refractivity contribution in [2.75, 3.05) is 13.6 Å². The molecule has 0 aliphatic carbocycles. The molecule has 0 aliphatic rings. The number of carboxylic acids is 1. The average molecular weight is 147 g/mol. The summed E-state index contributed by atoms with van der Waals surface area (Å²) in [6.07, 6.45) is 0. The molecule has 0 amide bonds. The molecule has 0 saturated heterocycles. The lowest BCUT2D eigenvalue weighted by molar-refractivity contribution is -0.529. The van der Waals surface area contributed by atoms with Crippen LogP contribution in [-0.4, -0.2) is 35.6 Å². The summed E-state index contributed by atoms with van der Waals surface area (Å²) in [6.45, 7) is -0.314. The van der Waals surface area contributed by atoms with Gasteiger partial charge in [0.25, 0.3) is 0 Å². The van der Waals surface area contributed by atoms with Crippen molar-refractivity contribution in [2.45, 2.75) is 6.04 Å². The molecule has 0 bridgehead atoms. The predicted octanol–water partition coefficient (Wildman–Crippen LogP) is -1.01. The third-order valence-electron chi connectivity index (χ3n) is 0.893. The van der Waals surface area contributed by atoms with Crippen molar-refractivity contribution in [1.82, 2.24) is 0 Å². The second kappa shape index (κ2) is 3.78. The Bertz CT molecular complexity index is 156. The topological polar surface area (TPSA) is 102 Å². The fourth-order valence-corrected chi connectivity index (χ4v) is 0.328. The van der Waals surface area contributed by atoms with E-state index in [9.17, 15) is 10.0 Å². The van der Waals surface area contributed by atoms with Crippen LogP contribution in [0.1, 0.15) is 0 Å². The monoisotopic (exact) mass is 147 g/mol. The van der Waals surface area contributed by atoms with E-state index < -0.39 is 12.0 Å². The van der Waals surface area contributed by atoms with Crippen molar-refractivity contribution >= 4 is 5.97 Å². The first-order chi connectivity index (χ1) is 4.57. The molecule has 0 aromatic rings. The lowest BCUT2D eigenvalue weighted by Crippen LogP contribution is -2.37. The van der Waals surface area contributed by atoms with Crippen molar-refractivity contribution < 1.29 is 14.8 Å². The first-order valence-corrected chi connectivity index (χ1v) is 2.60. The van der Waals surface area contributed by atoms with Gasteiger partial charge < -0.3 is 16.0 Å². The maximum Gasteiger partial charge on any atom is 0.327 e. The summed E-state index contributed by atoms with van der Waals surface area (Å²) in [5, 5.41) is 21.7. The maximum absolute atomic E-state index is 10.3. The van der Waals surface area contributed by atoms with E-state index in [0.29, 0.717) is 0 Å². The van der Waals surface area contributed by atoms with Crippen LogP contribution in [0.4, 0.5) is 0 Å². The van der Waals surface area contributed by atoms with Gasteiger partial charge in [0.15, 0.2) is 6.04 Å². The van der Waals surface area contributed by atoms with Crippen LogP contribution >= 0.6 is 0 Å². The minimum atomic E-state index is -1.20. The van der Waals surface area contributed by atoms with Crippen molar-refractivity contribution in [2.24, 2.45) is 10.8 Å². The van der Waals surface area contributed by atoms with Gasteiger partial charge in [-0.3, -0.25) is 4.79 Å². The molecular weight excluding hydrogens is 138 g/mol. The Balaban J connectivity index is 3.80. The third-order valence-corrected chi connectivity index (χ3v) is 0.893. The minimum absolute atomic E-state index is 0.235. The molecule has 0 rings (SSSR count). The van der Waals surface area contributed by atoms with Crippen molar-refractivity contribution in [3.8, 4) is 0 Å². The van der Waals surface area contributed by atoms with E-state index in [1.165, 1.54) is 7.05 Å². The van der Waals surface area contributed by atoms with E-state index in [4.69, 9.17) is 10.8 Å². The summed E-state index contributed by atoms with van der Waals surface area (Å²) in [5.74, 6) is -1.20. The lowest BCUT2D eigenvalue weighted by Gasteiger charge is -2.02. The van der Waals surface area contributed by atoms with Gasteiger partial charge in [-0.15, -0.1) is 0 Å². The third kappa shape index (κ3) is 2.98. The highest BCUT2D eigenvalue weighted by atomic mass is 16.5. The Labute approximate surface area is 57.5 Å². The van der Waals surface area contributed by atoms with Crippen LogP contribution in [0.3, 0.4) is 0 Å². The van der Waals surface area contributed by atoms with Crippen LogP contribution in [0, 0.1) is 5.21 Å². The molecule has 0 aromatic heterocycles. The first kappa shape index (κ1) is 8.83. The molecular formula is C4H9N3O3. The summed E-state index contributed by atoms with van der Waals surface area (Å²) in [7, 11) is 1.27. The number of azo groups is 1. The smallest absolute Gasteiger partial charge is 0.327 e. The molecule has 0 spiro atoms. The van der Waals surface area contributed by atoms with Crippen LogP contribution in [0.5, 0.6) is 0 Å². The number of hydroxylamine groups is 1. The zero-order valence-electron chi connectivity index (χ0n) is 5.52. The highest BCUT2D eigenvalue weighted by Gasteiger charge is 2.15. The van der Waals surface area contributed by atoms with Crippen molar-refractivity contribution in [1.29, 1.82) is 0 Å². The highest BCUT2D eigenvalue weighted by molar-refractivity contribution is 5.73. The van der Waals surface area contributed by atoms with E-state index in [-0.39, 0.29) is 11.4 Å². The molecule has 6 nitrogen and oxygen atoms in total. The van der Waals surface area contributed by atoms with Gasteiger partial charge in [-0.25, -0.2) is 0 Å². The number of aliphatic carboxylic acids is 1. The fraction of sp³-hybridized carbons (Fsp3) is 0.750. The lowest BCUT2D eigenvalue weighted by atomic mass is 10.3. The number of nitrogens with zero attached hydrogens (tertiary/aromatic N) is 2. The van der Waals surface area contributed by atoms with Gasteiger partial charge in [0, 0.05) is 0 Å². The first-order valence-electron chi connectivity index (χ1n) is 2.60. The number of nitrogens with two attached hydrogens (primary N) is 1. The Morgan fingerprint density at radius 2 is 2.50 bits per heavy atom. The molecule has 1 atom stereocenters. The van der Waals surface area contributed by atoms with Crippen LogP contribution < -0.4 is 5.73 Å². The van der Waals surface area contributed by atoms with Crippen LogP contribution in [0.15, 0.2) is 5.11 Å². The zero-order chi connectivity index (χ0) is 8.15. The maximum atomic E-state index is 10.3. The summed E-state index contributed by atoms with van der Waals surface area (Å²) in [5.41, 5.74) is 4.99. The Morgan fingerprint density at radius 1 is 2.00 bits per heavy atom. The summed E-state index contributed by atoms with van der Waals surface area (Å²) in [4.78, 5) is 10.3. The van der Waals surface area contributed by atoms with Gasteiger partial charge >= 0.3 is 5.97 Å². The van der Waals surface area contributed by atoms with Crippen LogP contribution in [0.25, 0.3) is 0 Å². The summed E-state index contributed by atoms with van der Waals surface area (Å²) >= 11 is 0. The minimum Gasteiger partial charge on any atom is -0.600 e.